The molecule has 3 aromatic rings. The average molecular weight is 379 g/mol. The van der Waals surface area contributed by atoms with Crippen molar-refractivity contribution in [2.24, 2.45) is 0 Å². The molecule has 2 aromatic carbocycles. The van der Waals surface area contributed by atoms with Crippen molar-refractivity contribution in [2.75, 3.05) is 0 Å². The standard InChI is InChI=1S/C18H16Cl2N2OS/c1-2-12-3-5-13(6-4-12)9-17-21-22-18(23-17)24-11-14-7-8-15(19)10-16(14)20/h3-8,10H,2,9,11H2,1H3. The molecular weight excluding hydrogens is 363 g/mol. The van der Waals surface area contributed by atoms with Crippen LogP contribution in [0.15, 0.2) is 52.1 Å². The maximum absolute atomic E-state index is 6.17. The Morgan fingerprint density at radius 3 is 2.46 bits per heavy atom. The van der Waals surface area contributed by atoms with Gasteiger partial charge in [-0.05, 0) is 35.2 Å². The fourth-order valence-corrected chi connectivity index (χ4v) is 3.55. The summed E-state index contributed by atoms with van der Waals surface area (Å²) in [7, 11) is 0. The molecule has 0 amide bonds. The lowest BCUT2D eigenvalue weighted by molar-refractivity contribution is 0.420. The van der Waals surface area contributed by atoms with E-state index in [4.69, 9.17) is 27.6 Å². The molecule has 0 unspecified atom stereocenters. The third-order valence-corrected chi connectivity index (χ3v) is 5.06. The van der Waals surface area contributed by atoms with Crippen LogP contribution in [-0.2, 0) is 18.6 Å². The summed E-state index contributed by atoms with van der Waals surface area (Å²) in [5.74, 6) is 1.27. The minimum atomic E-state index is 0.543. The number of aryl methyl sites for hydroxylation is 1. The Kier molecular flexibility index (Phi) is 5.82. The zero-order chi connectivity index (χ0) is 16.9. The number of halogens is 2. The maximum atomic E-state index is 6.17. The lowest BCUT2D eigenvalue weighted by atomic mass is 10.1. The normalized spacial score (nSPS) is 11.0. The van der Waals surface area contributed by atoms with E-state index in [-0.39, 0.29) is 0 Å². The van der Waals surface area contributed by atoms with E-state index in [2.05, 4.69) is 41.4 Å². The van der Waals surface area contributed by atoms with Crippen molar-refractivity contribution in [3.05, 3.63) is 75.1 Å². The number of hydrogen-bond acceptors (Lipinski definition) is 4. The highest BCUT2D eigenvalue weighted by Crippen LogP contribution is 2.28. The first-order chi connectivity index (χ1) is 11.6. The number of nitrogens with zero attached hydrogens (tertiary/aromatic N) is 2. The number of rotatable bonds is 6. The molecule has 6 heteroatoms. The molecule has 0 aliphatic rings. The van der Waals surface area contributed by atoms with Crippen molar-refractivity contribution >= 4 is 35.0 Å². The van der Waals surface area contributed by atoms with Crippen molar-refractivity contribution in [1.29, 1.82) is 0 Å². The molecule has 0 saturated heterocycles. The number of thioether (sulfide) groups is 1. The van der Waals surface area contributed by atoms with Crippen molar-refractivity contribution in [3.8, 4) is 0 Å². The molecule has 24 heavy (non-hydrogen) atoms. The molecule has 0 saturated carbocycles. The van der Waals surface area contributed by atoms with Gasteiger partial charge in [0.05, 0.1) is 6.42 Å². The van der Waals surface area contributed by atoms with Crippen LogP contribution in [0, 0.1) is 0 Å². The summed E-state index contributed by atoms with van der Waals surface area (Å²) in [5.41, 5.74) is 3.47. The first kappa shape index (κ1) is 17.3. The molecular formula is C18H16Cl2N2OS. The van der Waals surface area contributed by atoms with Crippen molar-refractivity contribution < 1.29 is 4.42 Å². The van der Waals surface area contributed by atoms with Gasteiger partial charge in [-0.3, -0.25) is 0 Å². The Labute approximate surface area is 155 Å². The summed E-state index contributed by atoms with van der Waals surface area (Å²) in [4.78, 5) is 0. The summed E-state index contributed by atoms with van der Waals surface area (Å²) in [6.07, 6.45) is 1.67. The second-order valence-electron chi connectivity index (χ2n) is 5.33. The molecule has 3 nitrogen and oxygen atoms in total. The van der Waals surface area contributed by atoms with Gasteiger partial charge in [-0.15, -0.1) is 10.2 Å². The van der Waals surface area contributed by atoms with Gasteiger partial charge in [0.15, 0.2) is 0 Å². The SMILES string of the molecule is CCc1ccc(Cc2nnc(SCc3ccc(Cl)cc3Cl)o2)cc1. The van der Waals surface area contributed by atoms with Gasteiger partial charge < -0.3 is 4.42 Å². The molecule has 1 heterocycles. The lowest BCUT2D eigenvalue weighted by Gasteiger charge is -2.02. The quantitative estimate of drug-likeness (QED) is 0.506. The first-order valence-corrected chi connectivity index (χ1v) is 9.35. The summed E-state index contributed by atoms with van der Waals surface area (Å²) in [6.45, 7) is 2.14. The minimum absolute atomic E-state index is 0.543. The smallest absolute Gasteiger partial charge is 0.276 e. The predicted molar refractivity (Wildman–Crippen MR) is 98.9 cm³/mol. The van der Waals surface area contributed by atoms with E-state index in [1.165, 1.54) is 17.3 Å². The molecule has 0 spiro atoms. The maximum Gasteiger partial charge on any atom is 0.276 e. The Morgan fingerprint density at radius 1 is 1.00 bits per heavy atom. The van der Waals surface area contributed by atoms with Gasteiger partial charge in [0.2, 0.25) is 5.89 Å². The van der Waals surface area contributed by atoms with Gasteiger partial charge in [-0.2, -0.15) is 0 Å². The van der Waals surface area contributed by atoms with Gasteiger partial charge in [0.1, 0.15) is 0 Å². The largest absolute Gasteiger partial charge is 0.416 e. The minimum Gasteiger partial charge on any atom is -0.416 e. The van der Waals surface area contributed by atoms with E-state index >= 15 is 0 Å². The van der Waals surface area contributed by atoms with E-state index in [0.717, 1.165) is 17.5 Å². The van der Waals surface area contributed by atoms with Crippen LogP contribution in [0.25, 0.3) is 0 Å². The first-order valence-electron chi connectivity index (χ1n) is 7.61. The van der Waals surface area contributed by atoms with Gasteiger partial charge in [0, 0.05) is 15.8 Å². The zero-order valence-electron chi connectivity index (χ0n) is 13.1. The molecule has 0 aliphatic heterocycles. The Morgan fingerprint density at radius 2 is 1.75 bits per heavy atom. The lowest BCUT2D eigenvalue weighted by Crippen LogP contribution is -1.89. The highest BCUT2D eigenvalue weighted by Gasteiger charge is 2.09. The summed E-state index contributed by atoms with van der Waals surface area (Å²) in [5, 5.41) is 10.0. The van der Waals surface area contributed by atoms with Gasteiger partial charge in [-0.25, -0.2) is 0 Å². The fourth-order valence-electron chi connectivity index (χ4n) is 2.21. The van der Waals surface area contributed by atoms with Crippen LogP contribution in [0.1, 0.15) is 29.5 Å². The number of hydrogen-bond donors (Lipinski definition) is 0. The second kappa shape index (κ2) is 8.06. The van der Waals surface area contributed by atoms with E-state index in [1.54, 1.807) is 6.07 Å². The molecule has 0 radical (unpaired) electrons. The number of benzene rings is 2. The fraction of sp³-hybridized carbons (Fsp3) is 0.222. The third-order valence-electron chi connectivity index (χ3n) is 3.60. The molecule has 3 rings (SSSR count). The summed E-state index contributed by atoms with van der Waals surface area (Å²) >= 11 is 13.5. The van der Waals surface area contributed by atoms with E-state index < -0.39 is 0 Å². The summed E-state index contributed by atoms with van der Waals surface area (Å²) in [6, 6.07) is 13.9. The van der Waals surface area contributed by atoms with Crippen LogP contribution >= 0.6 is 35.0 Å². The zero-order valence-corrected chi connectivity index (χ0v) is 15.5. The van der Waals surface area contributed by atoms with Crippen LogP contribution in [0.4, 0.5) is 0 Å². The molecule has 0 aliphatic carbocycles. The van der Waals surface area contributed by atoms with Crippen LogP contribution in [0.5, 0.6) is 0 Å². The monoisotopic (exact) mass is 378 g/mol. The van der Waals surface area contributed by atoms with Crippen LogP contribution in [-0.4, -0.2) is 10.2 Å². The molecule has 0 N–H and O–H groups in total. The molecule has 1 aromatic heterocycles. The Bertz CT molecular complexity index is 818. The molecule has 0 fully saturated rings. The molecule has 124 valence electrons. The van der Waals surface area contributed by atoms with Crippen molar-refractivity contribution in [2.45, 2.75) is 30.7 Å². The Balaban J connectivity index is 1.60. The van der Waals surface area contributed by atoms with Crippen molar-refractivity contribution in [3.63, 3.8) is 0 Å². The van der Waals surface area contributed by atoms with Gasteiger partial charge in [-0.1, -0.05) is 72.2 Å². The second-order valence-corrected chi connectivity index (χ2v) is 7.10. The van der Waals surface area contributed by atoms with Crippen LogP contribution in [0.2, 0.25) is 10.0 Å². The van der Waals surface area contributed by atoms with E-state index in [1.807, 2.05) is 12.1 Å². The highest BCUT2D eigenvalue weighted by molar-refractivity contribution is 7.98. The van der Waals surface area contributed by atoms with E-state index in [0.29, 0.717) is 33.3 Å². The van der Waals surface area contributed by atoms with E-state index in [9.17, 15) is 0 Å². The predicted octanol–water partition coefficient (Wildman–Crippen LogP) is 5.82. The topological polar surface area (TPSA) is 38.9 Å². The molecule has 0 bridgehead atoms. The summed E-state index contributed by atoms with van der Waals surface area (Å²) < 4.78 is 5.70. The highest BCUT2D eigenvalue weighted by atomic mass is 35.5. The average Bonchev–Trinajstić information content (AvgIpc) is 3.02. The molecule has 0 atom stereocenters. The van der Waals surface area contributed by atoms with Crippen molar-refractivity contribution in [1.82, 2.24) is 10.2 Å². The van der Waals surface area contributed by atoms with Gasteiger partial charge in [0.25, 0.3) is 5.22 Å². The van der Waals surface area contributed by atoms with Crippen LogP contribution < -0.4 is 0 Å². The number of aromatic nitrogens is 2. The third kappa shape index (κ3) is 4.53. The Hall–Kier alpha value is -1.49. The van der Waals surface area contributed by atoms with Gasteiger partial charge >= 0.3 is 0 Å². The van der Waals surface area contributed by atoms with Crippen LogP contribution in [0.3, 0.4) is 0 Å².